The largest absolute Gasteiger partial charge is 0.340 e. The van der Waals surface area contributed by atoms with Crippen LogP contribution < -0.4 is 0 Å². The first-order valence-corrected chi connectivity index (χ1v) is 9.13. The van der Waals surface area contributed by atoms with Gasteiger partial charge in [0, 0.05) is 43.9 Å². The number of fused-ring (bicyclic) bond motifs is 1. The number of carbonyl (C=O) groups excluding carboxylic acids is 2. The van der Waals surface area contributed by atoms with E-state index in [2.05, 4.69) is 18.0 Å². The van der Waals surface area contributed by atoms with Gasteiger partial charge in [0.05, 0.1) is 0 Å². The van der Waals surface area contributed by atoms with Gasteiger partial charge in [0.25, 0.3) is 0 Å². The summed E-state index contributed by atoms with van der Waals surface area (Å²) in [7, 11) is 0. The zero-order valence-electron chi connectivity index (χ0n) is 14.2. The molecule has 24 heavy (non-hydrogen) atoms. The van der Waals surface area contributed by atoms with Gasteiger partial charge in [-0.25, -0.2) is 0 Å². The molecule has 0 saturated carbocycles. The molecule has 5 heteroatoms. The van der Waals surface area contributed by atoms with Crippen LogP contribution in [0.25, 0.3) is 0 Å². The average molecular weight is 327 g/mol. The van der Waals surface area contributed by atoms with E-state index < -0.39 is 0 Å². The third-order valence-corrected chi connectivity index (χ3v) is 5.95. The van der Waals surface area contributed by atoms with Crippen molar-refractivity contribution in [2.45, 2.75) is 57.0 Å². The molecule has 1 aromatic rings. The van der Waals surface area contributed by atoms with E-state index in [0.29, 0.717) is 18.3 Å². The van der Waals surface area contributed by atoms with Crippen LogP contribution in [0.3, 0.4) is 0 Å². The van der Waals surface area contributed by atoms with Crippen molar-refractivity contribution in [3.63, 3.8) is 0 Å². The number of amides is 2. The molecule has 5 nitrogen and oxygen atoms in total. The highest BCUT2D eigenvalue weighted by atomic mass is 16.2. The maximum Gasteiger partial charge on any atom is 0.245 e. The van der Waals surface area contributed by atoms with Crippen LogP contribution in [0.4, 0.5) is 0 Å². The highest BCUT2D eigenvalue weighted by Gasteiger charge is 2.45. The average Bonchev–Trinajstić information content (AvgIpc) is 2.89. The predicted octanol–water partition coefficient (Wildman–Crippen LogP) is 2.19. The summed E-state index contributed by atoms with van der Waals surface area (Å²) >= 11 is 0. The van der Waals surface area contributed by atoms with Gasteiger partial charge in [-0.3, -0.25) is 14.6 Å². The number of aromatic nitrogens is 1. The van der Waals surface area contributed by atoms with E-state index >= 15 is 0 Å². The molecule has 0 aliphatic carbocycles. The monoisotopic (exact) mass is 327 g/mol. The van der Waals surface area contributed by atoms with E-state index in [1.54, 1.807) is 6.20 Å². The fourth-order valence-corrected chi connectivity index (χ4v) is 4.51. The molecule has 4 rings (SSSR count). The predicted molar refractivity (Wildman–Crippen MR) is 90.2 cm³/mol. The number of hydrogen-bond acceptors (Lipinski definition) is 3. The first kappa shape index (κ1) is 15.6. The number of hydrogen-bond donors (Lipinski definition) is 0. The first-order valence-electron chi connectivity index (χ1n) is 9.13. The molecule has 1 aromatic heterocycles. The molecule has 0 aromatic carbocycles. The second-order valence-corrected chi connectivity index (χ2v) is 7.65. The zero-order chi connectivity index (χ0) is 16.7. The van der Waals surface area contributed by atoms with E-state index in [4.69, 9.17) is 0 Å². The Kier molecular flexibility index (Phi) is 4.02. The van der Waals surface area contributed by atoms with Gasteiger partial charge >= 0.3 is 0 Å². The quantitative estimate of drug-likeness (QED) is 0.837. The second kappa shape index (κ2) is 6.19. The van der Waals surface area contributed by atoms with Gasteiger partial charge < -0.3 is 9.80 Å². The Morgan fingerprint density at radius 2 is 2.08 bits per heavy atom. The second-order valence-electron chi connectivity index (χ2n) is 7.65. The Morgan fingerprint density at radius 1 is 1.25 bits per heavy atom. The van der Waals surface area contributed by atoms with Crippen LogP contribution >= 0.6 is 0 Å². The van der Waals surface area contributed by atoms with Crippen molar-refractivity contribution >= 4 is 11.8 Å². The molecule has 0 bridgehead atoms. The van der Waals surface area contributed by atoms with Gasteiger partial charge in [-0.15, -0.1) is 0 Å². The number of rotatable bonds is 2. The van der Waals surface area contributed by atoms with Gasteiger partial charge in [0.15, 0.2) is 0 Å². The minimum Gasteiger partial charge on any atom is -0.340 e. The number of likely N-dealkylation sites (tertiary alicyclic amines) is 1. The summed E-state index contributed by atoms with van der Waals surface area (Å²) < 4.78 is 0. The maximum absolute atomic E-state index is 12.9. The van der Waals surface area contributed by atoms with Crippen LogP contribution in [0.1, 0.15) is 50.5 Å². The molecule has 3 aliphatic rings. The number of carbonyl (C=O) groups is 2. The smallest absolute Gasteiger partial charge is 0.245 e. The maximum atomic E-state index is 12.9. The summed E-state index contributed by atoms with van der Waals surface area (Å²) in [6.45, 7) is 3.73. The molecule has 3 fully saturated rings. The standard InChI is InChI=1S/C19H25N3O2/c1-13-4-7-18(23)22-16(9-13)5-6-17(22)19(24)21-11-15(12-21)14-3-2-8-20-10-14/h2-3,8,10,13,15-17H,4-7,9,11-12H2,1H3/t13-,16-,17+/m1/s1. The molecule has 0 radical (unpaired) electrons. The number of nitrogens with zero attached hydrogens (tertiary/aromatic N) is 3. The van der Waals surface area contributed by atoms with Crippen molar-refractivity contribution in [2.24, 2.45) is 5.92 Å². The lowest BCUT2D eigenvalue weighted by Gasteiger charge is -2.42. The van der Waals surface area contributed by atoms with Crippen LogP contribution in [0.15, 0.2) is 24.5 Å². The highest BCUT2D eigenvalue weighted by molar-refractivity contribution is 5.89. The van der Waals surface area contributed by atoms with E-state index in [0.717, 1.165) is 38.8 Å². The van der Waals surface area contributed by atoms with Crippen LogP contribution in [0, 0.1) is 5.92 Å². The minimum absolute atomic E-state index is 0.153. The Bertz CT molecular complexity index is 627. The number of pyridine rings is 1. The van der Waals surface area contributed by atoms with Crippen molar-refractivity contribution in [1.82, 2.24) is 14.8 Å². The van der Waals surface area contributed by atoms with Crippen molar-refractivity contribution in [1.29, 1.82) is 0 Å². The molecule has 2 amide bonds. The van der Waals surface area contributed by atoms with E-state index in [1.165, 1.54) is 5.56 Å². The van der Waals surface area contributed by atoms with Gasteiger partial charge in [0.2, 0.25) is 11.8 Å². The summed E-state index contributed by atoms with van der Waals surface area (Å²) in [5.41, 5.74) is 1.20. The molecule has 0 unspecified atom stereocenters. The highest BCUT2D eigenvalue weighted by Crippen LogP contribution is 2.36. The molecule has 0 N–H and O–H groups in total. The lowest BCUT2D eigenvalue weighted by Crippen LogP contribution is -2.56. The molecule has 3 aliphatic heterocycles. The normalized spacial score (nSPS) is 30.7. The fraction of sp³-hybridized carbons (Fsp3) is 0.632. The fourth-order valence-electron chi connectivity index (χ4n) is 4.51. The van der Waals surface area contributed by atoms with E-state index in [9.17, 15) is 9.59 Å². The molecule has 3 saturated heterocycles. The summed E-state index contributed by atoms with van der Waals surface area (Å²) in [4.78, 5) is 33.4. The van der Waals surface area contributed by atoms with Crippen LogP contribution in [0.5, 0.6) is 0 Å². The Balaban J connectivity index is 1.41. The Morgan fingerprint density at radius 3 is 2.83 bits per heavy atom. The topological polar surface area (TPSA) is 53.5 Å². The lowest BCUT2D eigenvalue weighted by atomic mass is 9.92. The van der Waals surface area contributed by atoms with E-state index in [1.807, 2.05) is 22.1 Å². The van der Waals surface area contributed by atoms with Crippen molar-refractivity contribution in [3.05, 3.63) is 30.1 Å². The molecule has 3 atom stereocenters. The molecular formula is C19H25N3O2. The Labute approximate surface area is 143 Å². The molecule has 128 valence electrons. The summed E-state index contributed by atoms with van der Waals surface area (Å²) in [6.07, 6.45) is 8.07. The van der Waals surface area contributed by atoms with Crippen molar-refractivity contribution in [3.8, 4) is 0 Å². The van der Waals surface area contributed by atoms with Crippen molar-refractivity contribution in [2.75, 3.05) is 13.1 Å². The molecule has 4 heterocycles. The Hall–Kier alpha value is -1.91. The van der Waals surface area contributed by atoms with Gasteiger partial charge in [0.1, 0.15) is 6.04 Å². The zero-order valence-corrected chi connectivity index (χ0v) is 14.2. The SMILES string of the molecule is C[C@@H]1CCC(=O)N2[C@H](CC[C@H]2C(=O)N2CC(c3cccnc3)C2)C1. The minimum atomic E-state index is -0.220. The third kappa shape index (κ3) is 2.70. The van der Waals surface area contributed by atoms with Gasteiger partial charge in [-0.2, -0.15) is 0 Å². The van der Waals surface area contributed by atoms with Crippen LogP contribution in [-0.2, 0) is 9.59 Å². The summed E-state index contributed by atoms with van der Waals surface area (Å²) in [5.74, 6) is 1.31. The van der Waals surface area contributed by atoms with Gasteiger partial charge in [-0.05, 0) is 43.2 Å². The van der Waals surface area contributed by atoms with Crippen molar-refractivity contribution < 1.29 is 9.59 Å². The van der Waals surface area contributed by atoms with Crippen LogP contribution in [0.2, 0.25) is 0 Å². The van der Waals surface area contributed by atoms with Crippen LogP contribution in [-0.4, -0.2) is 51.8 Å². The first-order chi connectivity index (χ1) is 11.6. The summed E-state index contributed by atoms with van der Waals surface area (Å²) in [5, 5.41) is 0. The molecule has 0 spiro atoms. The molecular weight excluding hydrogens is 302 g/mol. The summed E-state index contributed by atoms with van der Waals surface area (Å²) in [6, 6.07) is 4.07. The lowest BCUT2D eigenvalue weighted by molar-refractivity contribution is -0.148. The van der Waals surface area contributed by atoms with Gasteiger partial charge in [-0.1, -0.05) is 13.0 Å². The van der Waals surface area contributed by atoms with E-state index in [-0.39, 0.29) is 23.9 Å². The third-order valence-electron chi connectivity index (χ3n) is 5.95.